The monoisotopic (exact) mass is 275 g/mol. The fourth-order valence-corrected chi connectivity index (χ4v) is 3.01. The highest BCUT2D eigenvalue weighted by Crippen LogP contribution is 2.29. The molecule has 0 bridgehead atoms. The molecule has 0 aromatic carbocycles. The molecule has 4 nitrogen and oxygen atoms in total. The van der Waals surface area contributed by atoms with Crippen LogP contribution in [0.15, 0.2) is 18.2 Å². The van der Waals surface area contributed by atoms with Crippen molar-refractivity contribution in [3.8, 4) is 5.88 Å². The van der Waals surface area contributed by atoms with Gasteiger partial charge in [0.25, 0.3) is 0 Å². The summed E-state index contributed by atoms with van der Waals surface area (Å²) in [6.07, 6.45) is 6.70. The van der Waals surface area contributed by atoms with Crippen molar-refractivity contribution >= 4 is 0 Å². The molecule has 1 atom stereocenters. The van der Waals surface area contributed by atoms with Crippen molar-refractivity contribution in [2.75, 3.05) is 20.2 Å². The lowest BCUT2D eigenvalue weighted by atomic mass is 10.0. The van der Waals surface area contributed by atoms with E-state index in [0.717, 1.165) is 24.8 Å². The van der Waals surface area contributed by atoms with Gasteiger partial charge in [0.05, 0.1) is 12.8 Å². The van der Waals surface area contributed by atoms with Gasteiger partial charge in [-0.2, -0.15) is 0 Å². The van der Waals surface area contributed by atoms with Gasteiger partial charge in [-0.05, 0) is 38.3 Å². The molecule has 2 aliphatic rings. The van der Waals surface area contributed by atoms with Gasteiger partial charge < -0.3 is 10.1 Å². The molecule has 2 fully saturated rings. The smallest absolute Gasteiger partial charge is 0.213 e. The molecule has 1 unspecified atom stereocenters. The molecule has 0 spiro atoms. The molecule has 4 heteroatoms. The van der Waals surface area contributed by atoms with E-state index < -0.39 is 0 Å². The van der Waals surface area contributed by atoms with Gasteiger partial charge in [-0.3, -0.25) is 4.90 Å². The first-order valence-corrected chi connectivity index (χ1v) is 7.82. The van der Waals surface area contributed by atoms with Crippen molar-refractivity contribution in [1.29, 1.82) is 0 Å². The summed E-state index contributed by atoms with van der Waals surface area (Å²) in [7, 11) is 1.68. The van der Waals surface area contributed by atoms with Crippen LogP contribution in [0, 0.1) is 0 Å². The molecule has 0 amide bonds. The number of pyridine rings is 1. The van der Waals surface area contributed by atoms with Crippen LogP contribution in [0.4, 0.5) is 0 Å². The standard InChI is InChI=1S/C16H25N3O/c1-20-16-7-4-6-14(18-16)12-19(15-8-9-15)11-13-5-2-3-10-17-13/h4,6-7,13,15,17H,2-3,5,8-12H2,1H3. The zero-order chi connectivity index (χ0) is 13.8. The minimum atomic E-state index is 0.662. The summed E-state index contributed by atoms with van der Waals surface area (Å²) < 4.78 is 5.22. The average Bonchev–Trinajstić information content (AvgIpc) is 3.33. The van der Waals surface area contributed by atoms with Crippen molar-refractivity contribution in [3.05, 3.63) is 23.9 Å². The number of aromatic nitrogens is 1. The van der Waals surface area contributed by atoms with Crippen LogP contribution >= 0.6 is 0 Å². The summed E-state index contributed by atoms with van der Waals surface area (Å²) in [5.41, 5.74) is 1.12. The van der Waals surface area contributed by atoms with Gasteiger partial charge in [-0.1, -0.05) is 12.5 Å². The second-order valence-corrected chi connectivity index (χ2v) is 5.98. The van der Waals surface area contributed by atoms with Crippen molar-refractivity contribution in [3.63, 3.8) is 0 Å². The first-order chi connectivity index (χ1) is 9.85. The van der Waals surface area contributed by atoms with Crippen LogP contribution in [0.3, 0.4) is 0 Å². The number of nitrogens with one attached hydrogen (secondary N) is 1. The summed E-state index contributed by atoms with van der Waals surface area (Å²) in [4.78, 5) is 7.15. The molecule has 110 valence electrons. The first kappa shape index (κ1) is 13.8. The molecule has 1 saturated carbocycles. The highest BCUT2D eigenvalue weighted by Gasteiger charge is 2.31. The SMILES string of the molecule is COc1cccc(CN(CC2CCCCN2)C2CC2)n1. The maximum absolute atomic E-state index is 5.22. The lowest BCUT2D eigenvalue weighted by molar-refractivity contribution is 0.205. The Morgan fingerprint density at radius 2 is 2.20 bits per heavy atom. The molecule has 1 saturated heterocycles. The van der Waals surface area contributed by atoms with Crippen LogP contribution in [-0.4, -0.2) is 42.2 Å². The molecule has 3 rings (SSSR count). The lowest BCUT2D eigenvalue weighted by Crippen LogP contribution is -2.44. The Hall–Kier alpha value is -1.13. The van der Waals surface area contributed by atoms with Crippen LogP contribution in [0.5, 0.6) is 5.88 Å². The third-order valence-corrected chi connectivity index (χ3v) is 4.29. The second-order valence-electron chi connectivity index (χ2n) is 5.98. The molecule has 1 aliphatic carbocycles. The summed E-state index contributed by atoms with van der Waals surface area (Å²) >= 11 is 0. The van der Waals surface area contributed by atoms with Gasteiger partial charge in [0.15, 0.2) is 0 Å². The summed E-state index contributed by atoms with van der Waals surface area (Å²) in [5, 5.41) is 3.65. The van der Waals surface area contributed by atoms with Crippen LogP contribution in [0.25, 0.3) is 0 Å². The summed E-state index contributed by atoms with van der Waals surface area (Å²) in [5.74, 6) is 0.717. The maximum Gasteiger partial charge on any atom is 0.213 e. The number of methoxy groups -OCH3 is 1. The second kappa shape index (κ2) is 6.55. The van der Waals surface area contributed by atoms with Crippen molar-refractivity contribution in [2.24, 2.45) is 0 Å². The van der Waals surface area contributed by atoms with Gasteiger partial charge >= 0.3 is 0 Å². The fraction of sp³-hybridized carbons (Fsp3) is 0.688. The van der Waals surface area contributed by atoms with E-state index in [1.807, 2.05) is 12.1 Å². The summed E-state index contributed by atoms with van der Waals surface area (Å²) in [6.45, 7) is 3.28. The first-order valence-electron chi connectivity index (χ1n) is 7.82. The average molecular weight is 275 g/mol. The largest absolute Gasteiger partial charge is 0.481 e. The van der Waals surface area contributed by atoms with E-state index in [2.05, 4.69) is 21.3 Å². The van der Waals surface area contributed by atoms with Crippen molar-refractivity contribution in [1.82, 2.24) is 15.2 Å². The zero-order valence-electron chi connectivity index (χ0n) is 12.3. The van der Waals surface area contributed by atoms with Gasteiger partial charge in [0.2, 0.25) is 5.88 Å². The molecule has 1 aromatic rings. The van der Waals surface area contributed by atoms with E-state index in [-0.39, 0.29) is 0 Å². The number of hydrogen-bond acceptors (Lipinski definition) is 4. The Balaban J connectivity index is 1.61. The predicted octanol–water partition coefficient (Wildman–Crippen LogP) is 2.20. The van der Waals surface area contributed by atoms with Crippen molar-refractivity contribution < 1.29 is 4.74 Å². The van der Waals surface area contributed by atoms with Crippen LogP contribution in [-0.2, 0) is 6.54 Å². The molecule has 1 aromatic heterocycles. The van der Waals surface area contributed by atoms with Gasteiger partial charge in [0, 0.05) is 31.2 Å². The Bertz CT molecular complexity index is 427. The molecule has 1 aliphatic heterocycles. The van der Waals surface area contributed by atoms with E-state index in [4.69, 9.17) is 4.74 Å². The predicted molar refractivity (Wildman–Crippen MR) is 79.9 cm³/mol. The number of ether oxygens (including phenoxy) is 1. The van der Waals surface area contributed by atoms with Crippen LogP contribution in [0.2, 0.25) is 0 Å². The number of nitrogens with zero attached hydrogens (tertiary/aromatic N) is 2. The fourth-order valence-electron chi connectivity index (χ4n) is 3.01. The van der Waals surface area contributed by atoms with E-state index in [9.17, 15) is 0 Å². The topological polar surface area (TPSA) is 37.4 Å². The highest BCUT2D eigenvalue weighted by molar-refractivity contribution is 5.16. The normalized spacial score (nSPS) is 23.0. The Morgan fingerprint density at radius 3 is 2.90 bits per heavy atom. The highest BCUT2D eigenvalue weighted by atomic mass is 16.5. The van der Waals surface area contributed by atoms with Gasteiger partial charge in [0.1, 0.15) is 0 Å². The van der Waals surface area contributed by atoms with E-state index >= 15 is 0 Å². The van der Waals surface area contributed by atoms with E-state index in [0.29, 0.717) is 11.9 Å². The Labute approximate surface area is 121 Å². The van der Waals surface area contributed by atoms with Crippen molar-refractivity contribution in [2.45, 2.75) is 50.7 Å². The minimum Gasteiger partial charge on any atom is -0.481 e. The molecule has 0 radical (unpaired) electrons. The Kier molecular flexibility index (Phi) is 4.53. The van der Waals surface area contributed by atoms with Crippen LogP contribution < -0.4 is 10.1 Å². The molecule has 1 N–H and O–H groups in total. The van der Waals surface area contributed by atoms with E-state index in [1.54, 1.807) is 7.11 Å². The van der Waals surface area contributed by atoms with Gasteiger partial charge in [-0.25, -0.2) is 4.98 Å². The van der Waals surface area contributed by atoms with Gasteiger partial charge in [-0.15, -0.1) is 0 Å². The number of rotatable bonds is 6. The van der Waals surface area contributed by atoms with Crippen LogP contribution in [0.1, 0.15) is 37.8 Å². The molecular formula is C16H25N3O. The number of hydrogen-bond donors (Lipinski definition) is 1. The Morgan fingerprint density at radius 1 is 1.30 bits per heavy atom. The van der Waals surface area contributed by atoms with E-state index in [1.165, 1.54) is 38.6 Å². The minimum absolute atomic E-state index is 0.662. The number of piperidine rings is 1. The maximum atomic E-state index is 5.22. The zero-order valence-corrected chi connectivity index (χ0v) is 12.3. The molecule has 2 heterocycles. The summed E-state index contributed by atoms with van der Waals surface area (Å²) in [6, 6.07) is 7.48. The third kappa shape index (κ3) is 3.70. The third-order valence-electron chi connectivity index (χ3n) is 4.29. The molecular weight excluding hydrogens is 250 g/mol. The lowest BCUT2D eigenvalue weighted by Gasteiger charge is -2.30. The molecule has 20 heavy (non-hydrogen) atoms. The quantitative estimate of drug-likeness (QED) is 0.863.